The summed E-state index contributed by atoms with van der Waals surface area (Å²) in [6.45, 7) is 2.08. The molecule has 0 saturated heterocycles. The van der Waals surface area contributed by atoms with E-state index in [0.29, 0.717) is 10.0 Å². The maximum absolute atomic E-state index is 6.63. The third-order valence-electron chi connectivity index (χ3n) is 6.60. The SMILES string of the molecule is COc1ccc(N(c2ccccc2)c2ccc(C=Cc3cc(Cl)c(C=Cc4ccc(C)cc4)cc3Cl)cc2)cc1. The van der Waals surface area contributed by atoms with Crippen molar-refractivity contribution in [3.8, 4) is 5.75 Å². The molecule has 0 fully saturated rings. The highest BCUT2D eigenvalue weighted by molar-refractivity contribution is 6.35. The van der Waals surface area contributed by atoms with Crippen LogP contribution in [0.5, 0.6) is 5.75 Å². The lowest BCUT2D eigenvalue weighted by atomic mass is 10.1. The van der Waals surface area contributed by atoms with E-state index in [2.05, 4.69) is 84.6 Å². The van der Waals surface area contributed by atoms with E-state index in [4.69, 9.17) is 27.9 Å². The van der Waals surface area contributed by atoms with Gasteiger partial charge in [0.1, 0.15) is 5.75 Å². The molecule has 5 rings (SSSR count). The number of methoxy groups -OCH3 is 1. The number of hydrogen-bond acceptors (Lipinski definition) is 2. The number of nitrogens with zero attached hydrogens (tertiary/aromatic N) is 1. The van der Waals surface area contributed by atoms with Crippen LogP contribution in [0.4, 0.5) is 17.1 Å². The predicted molar refractivity (Wildman–Crippen MR) is 173 cm³/mol. The second-order valence-corrected chi connectivity index (χ2v) is 10.2. The molecule has 0 aliphatic rings. The first-order valence-corrected chi connectivity index (χ1v) is 13.8. The van der Waals surface area contributed by atoms with Crippen molar-refractivity contribution < 1.29 is 4.74 Å². The Balaban J connectivity index is 1.36. The first kappa shape index (κ1) is 27.3. The molecule has 0 amide bonds. The fourth-order valence-corrected chi connectivity index (χ4v) is 4.84. The topological polar surface area (TPSA) is 12.5 Å². The molecule has 2 nitrogen and oxygen atoms in total. The maximum Gasteiger partial charge on any atom is 0.119 e. The average molecular weight is 563 g/mol. The van der Waals surface area contributed by atoms with E-state index in [1.807, 2.05) is 66.8 Å². The Hall–Kier alpha value is -4.24. The summed E-state index contributed by atoms with van der Waals surface area (Å²) in [5, 5.41) is 1.30. The van der Waals surface area contributed by atoms with Gasteiger partial charge in [0, 0.05) is 27.1 Å². The van der Waals surface area contributed by atoms with Crippen molar-refractivity contribution in [2.24, 2.45) is 0 Å². The monoisotopic (exact) mass is 561 g/mol. The summed E-state index contributed by atoms with van der Waals surface area (Å²) < 4.78 is 5.35. The number of ether oxygens (including phenoxy) is 1. The smallest absolute Gasteiger partial charge is 0.119 e. The van der Waals surface area contributed by atoms with E-state index in [1.54, 1.807) is 7.11 Å². The maximum atomic E-state index is 6.63. The Morgan fingerprint density at radius 1 is 0.550 bits per heavy atom. The zero-order valence-electron chi connectivity index (χ0n) is 22.4. The summed E-state index contributed by atoms with van der Waals surface area (Å²) in [5.41, 5.74) is 8.34. The molecule has 0 heterocycles. The number of anilines is 3. The van der Waals surface area contributed by atoms with E-state index in [-0.39, 0.29) is 0 Å². The number of hydrogen-bond donors (Lipinski definition) is 0. The lowest BCUT2D eigenvalue weighted by Gasteiger charge is -2.25. The summed E-state index contributed by atoms with van der Waals surface area (Å²) in [7, 11) is 1.68. The normalized spacial score (nSPS) is 11.3. The summed E-state index contributed by atoms with van der Waals surface area (Å²) in [6.07, 6.45) is 8.07. The average Bonchev–Trinajstić information content (AvgIpc) is 2.99. The lowest BCUT2D eigenvalue weighted by Crippen LogP contribution is -2.09. The van der Waals surface area contributed by atoms with E-state index < -0.39 is 0 Å². The molecule has 198 valence electrons. The standard InChI is InChI=1S/C36H29Cl2NO/c1-26-8-10-27(11-9-26)12-16-29-24-36(38)30(25-35(29)37)17-13-28-14-18-32(19-15-28)39(31-6-4-3-5-7-31)33-20-22-34(40-2)23-21-33/h3-25H,1-2H3. The quantitative estimate of drug-likeness (QED) is 0.174. The molecule has 0 N–H and O–H groups in total. The van der Waals surface area contributed by atoms with Crippen LogP contribution < -0.4 is 9.64 Å². The van der Waals surface area contributed by atoms with Gasteiger partial charge in [0.05, 0.1) is 7.11 Å². The lowest BCUT2D eigenvalue weighted by molar-refractivity contribution is 0.415. The van der Waals surface area contributed by atoms with Gasteiger partial charge in [-0.2, -0.15) is 0 Å². The number of rotatable bonds is 8. The predicted octanol–water partition coefficient (Wildman–Crippen LogP) is 11.1. The molecule has 0 aromatic heterocycles. The molecule has 0 saturated carbocycles. The van der Waals surface area contributed by atoms with Crippen LogP contribution in [0.1, 0.15) is 27.8 Å². The third-order valence-corrected chi connectivity index (χ3v) is 7.25. The molecule has 40 heavy (non-hydrogen) atoms. The Morgan fingerprint density at radius 2 is 1.00 bits per heavy atom. The molecule has 0 atom stereocenters. The van der Waals surface area contributed by atoms with Crippen LogP contribution in [0.15, 0.2) is 115 Å². The van der Waals surface area contributed by atoms with Crippen molar-refractivity contribution >= 4 is 64.6 Å². The molecule has 0 bridgehead atoms. The van der Waals surface area contributed by atoms with Crippen LogP contribution in [0.3, 0.4) is 0 Å². The van der Waals surface area contributed by atoms with Crippen molar-refractivity contribution in [3.63, 3.8) is 0 Å². The molecule has 0 unspecified atom stereocenters. The van der Waals surface area contributed by atoms with Gasteiger partial charge in [-0.1, -0.05) is 108 Å². The second-order valence-electron chi connectivity index (χ2n) is 9.43. The third kappa shape index (κ3) is 6.66. The van der Waals surface area contributed by atoms with Crippen molar-refractivity contribution in [2.75, 3.05) is 12.0 Å². The van der Waals surface area contributed by atoms with Gasteiger partial charge in [-0.25, -0.2) is 0 Å². The van der Waals surface area contributed by atoms with Gasteiger partial charge >= 0.3 is 0 Å². The number of halogens is 2. The summed E-state index contributed by atoms with van der Waals surface area (Å²) in [6, 6.07) is 39.0. The minimum absolute atomic E-state index is 0.649. The summed E-state index contributed by atoms with van der Waals surface area (Å²) in [5.74, 6) is 0.825. The first-order valence-electron chi connectivity index (χ1n) is 13.0. The van der Waals surface area contributed by atoms with Crippen LogP contribution in [-0.4, -0.2) is 7.11 Å². The highest BCUT2D eigenvalue weighted by Crippen LogP contribution is 2.35. The van der Waals surface area contributed by atoms with Crippen LogP contribution in [0.2, 0.25) is 10.0 Å². The van der Waals surface area contributed by atoms with Crippen molar-refractivity contribution in [3.05, 3.63) is 153 Å². The van der Waals surface area contributed by atoms with Crippen molar-refractivity contribution in [1.29, 1.82) is 0 Å². The van der Waals surface area contributed by atoms with Gasteiger partial charge in [-0.05, 0) is 89.8 Å². The molecule has 0 aliphatic heterocycles. The van der Waals surface area contributed by atoms with Gasteiger partial charge in [0.25, 0.3) is 0 Å². The van der Waals surface area contributed by atoms with E-state index >= 15 is 0 Å². The number of aryl methyl sites for hydroxylation is 1. The van der Waals surface area contributed by atoms with Crippen molar-refractivity contribution in [2.45, 2.75) is 6.92 Å². The molecule has 4 heteroatoms. The zero-order chi connectivity index (χ0) is 27.9. The van der Waals surface area contributed by atoms with E-state index in [0.717, 1.165) is 45.1 Å². The molecular formula is C36H29Cl2NO. The zero-order valence-corrected chi connectivity index (χ0v) is 23.9. The minimum Gasteiger partial charge on any atom is -0.497 e. The van der Waals surface area contributed by atoms with E-state index in [9.17, 15) is 0 Å². The summed E-state index contributed by atoms with van der Waals surface area (Å²) >= 11 is 13.2. The first-order chi connectivity index (χ1) is 19.5. The van der Waals surface area contributed by atoms with Gasteiger partial charge in [0.15, 0.2) is 0 Å². The van der Waals surface area contributed by atoms with Gasteiger partial charge < -0.3 is 9.64 Å². The highest BCUT2D eigenvalue weighted by Gasteiger charge is 2.12. The molecule has 0 spiro atoms. The van der Waals surface area contributed by atoms with Crippen LogP contribution in [0, 0.1) is 6.92 Å². The molecule has 5 aromatic rings. The largest absolute Gasteiger partial charge is 0.497 e. The Kier molecular flexibility index (Phi) is 8.71. The molecular weight excluding hydrogens is 533 g/mol. The highest BCUT2D eigenvalue weighted by atomic mass is 35.5. The number of benzene rings is 5. The Bertz CT molecular complexity index is 1620. The van der Waals surface area contributed by atoms with Crippen LogP contribution >= 0.6 is 23.2 Å². The Labute approximate surface area is 246 Å². The Morgan fingerprint density at radius 3 is 1.50 bits per heavy atom. The number of para-hydroxylation sites is 1. The molecule has 5 aromatic carbocycles. The minimum atomic E-state index is 0.649. The molecule has 0 aliphatic carbocycles. The van der Waals surface area contributed by atoms with Crippen LogP contribution in [0.25, 0.3) is 24.3 Å². The van der Waals surface area contributed by atoms with Crippen LogP contribution in [-0.2, 0) is 0 Å². The van der Waals surface area contributed by atoms with Crippen molar-refractivity contribution in [1.82, 2.24) is 0 Å². The summed E-state index contributed by atoms with van der Waals surface area (Å²) in [4.78, 5) is 2.21. The van der Waals surface area contributed by atoms with Gasteiger partial charge in [-0.15, -0.1) is 0 Å². The fourth-order valence-electron chi connectivity index (χ4n) is 4.37. The second kappa shape index (κ2) is 12.7. The van der Waals surface area contributed by atoms with Gasteiger partial charge in [-0.3, -0.25) is 0 Å². The fraction of sp³-hybridized carbons (Fsp3) is 0.0556. The van der Waals surface area contributed by atoms with Gasteiger partial charge in [0.2, 0.25) is 0 Å². The molecule has 0 radical (unpaired) electrons. The van der Waals surface area contributed by atoms with E-state index in [1.165, 1.54) is 5.56 Å².